The van der Waals surface area contributed by atoms with E-state index < -0.39 is 0 Å². The summed E-state index contributed by atoms with van der Waals surface area (Å²) in [6.45, 7) is 8.27. The quantitative estimate of drug-likeness (QED) is 0.511. The van der Waals surface area contributed by atoms with Gasteiger partial charge in [0, 0.05) is 5.38 Å². The fraction of sp³-hybridized carbons (Fsp3) is 1.00. The van der Waals surface area contributed by atoms with E-state index in [0.29, 0.717) is 5.38 Å². The van der Waals surface area contributed by atoms with Crippen molar-refractivity contribution in [3.63, 3.8) is 0 Å². The number of hydrogen-bond donors (Lipinski definition) is 1. The zero-order chi connectivity index (χ0) is 10.9. The van der Waals surface area contributed by atoms with Gasteiger partial charge >= 0.3 is 0 Å². The van der Waals surface area contributed by atoms with E-state index in [1.807, 2.05) is 0 Å². The van der Waals surface area contributed by atoms with Gasteiger partial charge in [-0.3, -0.25) is 0 Å². The van der Waals surface area contributed by atoms with Gasteiger partial charge in [0.05, 0.1) is 0 Å². The second-order valence-corrected chi connectivity index (χ2v) is 5.06. The number of nitrogens with zero attached hydrogens (tertiary/aromatic N) is 1. The molecule has 0 aromatic rings. The molecule has 1 heterocycles. The second kappa shape index (κ2) is 8.37. The smallest absolute Gasteiger partial charge is 0.0345 e. The van der Waals surface area contributed by atoms with Gasteiger partial charge in [-0.2, -0.15) is 0 Å². The van der Waals surface area contributed by atoms with Gasteiger partial charge in [-0.1, -0.05) is 6.92 Å². The minimum Gasteiger partial charge on any atom is -0.317 e. The van der Waals surface area contributed by atoms with Gasteiger partial charge in [0.15, 0.2) is 0 Å². The molecule has 0 aromatic carbocycles. The molecule has 0 aliphatic carbocycles. The van der Waals surface area contributed by atoms with Crippen molar-refractivity contribution in [3.05, 3.63) is 0 Å². The largest absolute Gasteiger partial charge is 0.317 e. The minimum absolute atomic E-state index is 0.357. The lowest BCUT2D eigenvalue weighted by Gasteiger charge is -2.14. The predicted octanol–water partition coefficient (Wildman–Crippen LogP) is 2.47. The summed E-state index contributed by atoms with van der Waals surface area (Å²) in [6, 6.07) is 0. The third-order valence-corrected chi connectivity index (χ3v) is 3.63. The van der Waals surface area contributed by atoms with E-state index >= 15 is 0 Å². The third kappa shape index (κ3) is 6.39. The van der Waals surface area contributed by atoms with Gasteiger partial charge in [0.25, 0.3) is 0 Å². The van der Waals surface area contributed by atoms with Gasteiger partial charge < -0.3 is 10.2 Å². The van der Waals surface area contributed by atoms with E-state index in [1.165, 1.54) is 38.9 Å². The Balaban J connectivity index is 1.80. The average Bonchev–Trinajstić information content (AvgIpc) is 2.75. The number of rotatable bonds is 8. The van der Waals surface area contributed by atoms with Gasteiger partial charge in [-0.25, -0.2) is 0 Å². The highest BCUT2D eigenvalue weighted by Crippen LogP contribution is 2.07. The number of likely N-dealkylation sites (tertiary alicyclic amines) is 1. The Morgan fingerprint density at radius 2 is 2.00 bits per heavy atom. The van der Waals surface area contributed by atoms with Crippen LogP contribution in [0, 0.1) is 0 Å². The Morgan fingerprint density at radius 1 is 1.27 bits per heavy atom. The lowest BCUT2D eigenvalue weighted by molar-refractivity contribution is 0.331. The molecular formula is C12H25ClN2. The standard InChI is InChI=1S/C12H25ClN2/c1-2-12(13)6-8-14-7-5-11-15-9-3-4-10-15/h12,14H,2-11H2,1H3. The van der Waals surface area contributed by atoms with Gasteiger partial charge in [-0.05, 0) is 64.8 Å². The molecule has 1 fully saturated rings. The molecule has 0 radical (unpaired) electrons. The summed E-state index contributed by atoms with van der Waals surface area (Å²) < 4.78 is 0. The van der Waals surface area contributed by atoms with E-state index in [0.717, 1.165) is 25.9 Å². The molecule has 0 amide bonds. The van der Waals surface area contributed by atoms with Crippen LogP contribution in [0.4, 0.5) is 0 Å². The summed E-state index contributed by atoms with van der Waals surface area (Å²) in [4.78, 5) is 2.57. The third-order valence-electron chi connectivity index (χ3n) is 3.10. The molecule has 2 nitrogen and oxygen atoms in total. The summed E-state index contributed by atoms with van der Waals surface area (Å²) in [5.41, 5.74) is 0. The average molecular weight is 233 g/mol. The number of hydrogen-bond acceptors (Lipinski definition) is 2. The van der Waals surface area contributed by atoms with Crippen LogP contribution >= 0.6 is 11.6 Å². The maximum absolute atomic E-state index is 6.03. The Kier molecular flexibility index (Phi) is 7.41. The highest BCUT2D eigenvalue weighted by Gasteiger charge is 2.09. The molecule has 1 aliphatic heterocycles. The minimum atomic E-state index is 0.357. The molecule has 1 N–H and O–H groups in total. The van der Waals surface area contributed by atoms with Crippen molar-refractivity contribution in [2.45, 2.75) is 44.4 Å². The van der Waals surface area contributed by atoms with Gasteiger partial charge in [0.2, 0.25) is 0 Å². The predicted molar refractivity (Wildman–Crippen MR) is 67.7 cm³/mol. The molecule has 0 bridgehead atoms. The Hall–Kier alpha value is 0.210. The van der Waals surface area contributed by atoms with Gasteiger partial charge in [-0.15, -0.1) is 11.6 Å². The summed E-state index contributed by atoms with van der Waals surface area (Å²) >= 11 is 6.03. The highest BCUT2D eigenvalue weighted by molar-refractivity contribution is 6.20. The molecular weight excluding hydrogens is 208 g/mol. The van der Waals surface area contributed by atoms with E-state index in [4.69, 9.17) is 11.6 Å². The SMILES string of the molecule is CCC(Cl)CCNCCCN1CCCC1. The Bertz CT molecular complexity index is 147. The molecule has 15 heavy (non-hydrogen) atoms. The van der Waals surface area contributed by atoms with Crippen molar-refractivity contribution in [2.24, 2.45) is 0 Å². The topological polar surface area (TPSA) is 15.3 Å². The molecule has 0 saturated carbocycles. The van der Waals surface area contributed by atoms with Crippen LogP contribution in [0.15, 0.2) is 0 Å². The molecule has 0 aromatic heterocycles. The zero-order valence-electron chi connectivity index (χ0n) is 9.97. The zero-order valence-corrected chi connectivity index (χ0v) is 10.7. The second-order valence-electron chi connectivity index (χ2n) is 4.45. The summed E-state index contributed by atoms with van der Waals surface area (Å²) in [5, 5.41) is 3.82. The number of halogens is 1. The van der Waals surface area contributed by atoms with Crippen molar-refractivity contribution in [1.29, 1.82) is 0 Å². The Morgan fingerprint density at radius 3 is 2.67 bits per heavy atom. The van der Waals surface area contributed by atoms with Crippen LogP contribution in [0.5, 0.6) is 0 Å². The fourth-order valence-corrected chi connectivity index (χ4v) is 2.13. The molecule has 1 aliphatic rings. The normalized spacial score (nSPS) is 19.6. The summed E-state index contributed by atoms with van der Waals surface area (Å²) in [7, 11) is 0. The fourth-order valence-electron chi connectivity index (χ4n) is 2.02. The monoisotopic (exact) mass is 232 g/mol. The van der Waals surface area contributed by atoms with Gasteiger partial charge in [0.1, 0.15) is 0 Å². The molecule has 90 valence electrons. The van der Waals surface area contributed by atoms with E-state index in [1.54, 1.807) is 0 Å². The molecule has 1 saturated heterocycles. The summed E-state index contributed by atoms with van der Waals surface area (Å²) in [5.74, 6) is 0. The molecule has 1 rings (SSSR count). The highest BCUT2D eigenvalue weighted by atomic mass is 35.5. The van der Waals surface area contributed by atoms with Crippen molar-refractivity contribution in [2.75, 3.05) is 32.7 Å². The first kappa shape index (κ1) is 13.3. The Labute approximate surface area is 99.4 Å². The maximum Gasteiger partial charge on any atom is 0.0345 e. The lowest BCUT2D eigenvalue weighted by atomic mass is 10.2. The molecule has 1 atom stereocenters. The van der Waals surface area contributed by atoms with E-state index in [-0.39, 0.29) is 0 Å². The van der Waals surface area contributed by atoms with E-state index in [2.05, 4.69) is 17.1 Å². The van der Waals surface area contributed by atoms with Crippen LogP contribution in [-0.2, 0) is 0 Å². The first-order valence-corrected chi connectivity index (χ1v) is 6.83. The van der Waals surface area contributed by atoms with Crippen LogP contribution in [0.2, 0.25) is 0 Å². The lowest BCUT2D eigenvalue weighted by Crippen LogP contribution is -2.26. The van der Waals surface area contributed by atoms with Crippen molar-refractivity contribution >= 4 is 11.6 Å². The molecule has 1 unspecified atom stereocenters. The first-order chi connectivity index (χ1) is 7.33. The van der Waals surface area contributed by atoms with Crippen molar-refractivity contribution < 1.29 is 0 Å². The number of nitrogens with one attached hydrogen (secondary N) is 1. The number of alkyl halides is 1. The first-order valence-electron chi connectivity index (χ1n) is 6.40. The van der Waals surface area contributed by atoms with E-state index in [9.17, 15) is 0 Å². The maximum atomic E-state index is 6.03. The van der Waals surface area contributed by atoms with Crippen LogP contribution in [-0.4, -0.2) is 43.0 Å². The van der Waals surface area contributed by atoms with Crippen LogP contribution in [0.25, 0.3) is 0 Å². The van der Waals surface area contributed by atoms with Crippen molar-refractivity contribution in [3.8, 4) is 0 Å². The van der Waals surface area contributed by atoms with Crippen molar-refractivity contribution in [1.82, 2.24) is 10.2 Å². The van der Waals surface area contributed by atoms with Crippen LogP contribution in [0.3, 0.4) is 0 Å². The van der Waals surface area contributed by atoms with Crippen LogP contribution in [0.1, 0.15) is 39.0 Å². The molecule has 3 heteroatoms. The van der Waals surface area contributed by atoms with Crippen LogP contribution < -0.4 is 5.32 Å². The molecule has 0 spiro atoms. The summed E-state index contributed by atoms with van der Waals surface area (Å²) in [6.07, 6.45) is 6.26.